The number of fused-ring (bicyclic) bond motifs is 1. The van der Waals surface area contributed by atoms with Gasteiger partial charge in [0.15, 0.2) is 0 Å². The van der Waals surface area contributed by atoms with Gasteiger partial charge in [0.2, 0.25) is 0 Å². The van der Waals surface area contributed by atoms with Gasteiger partial charge >= 0.3 is 0 Å². The van der Waals surface area contributed by atoms with Crippen molar-refractivity contribution in [3.05, 3.63) is 59.7 Å². The van der Waals surface area contributed by atoms with Gasteiger partial charge in [0.1, 0.15) is 11.9 Å². The van der Waals surface area contributed by atoms with Crippen LogP contribution >= 0.6 is 0 Å². The standard InChI is InChI=1S/C18H20N2O3/c1-22-12-11-20-17(13-7-9-14(23-2)10-8-13)19-16-6-4-3-5-15(16)18(20)21/h3-10,17,19H,11-12H2,1-2H3. The Morgan fingerprint density at radius 3 is 2.52 bits per heavy atom. The highest BCUT2D eigenvalue weighted by molar-refractivity contribution is 6.01. The van der Waals surface area contributed by atoms with E-state index in [-0.39, 0.29) is 12.1 Å². The number of anilines is 1. The van der Waals surface area contributed by atoms with E-state index in [0.717, 1.165) is 17.0 Å². The molecule has 2 aromatic carbocycles. The largest absolute Gasteiger partial charge is 0.497 e. The van der Waals surface area contributed by atoms with Gasteiger partial charge in [-0.25, -0.2) is 0 Å². The van der Waals surface area contributed by atoms with Crippen LogP contribution in [0.15, 0.2) is 48.5 Å². The third kappa shape index (κ3) is 3.00. The minimum atomic E-state index is -0.224. The molecule has 1 heterocycles. The molecular weight excluding hydrogens is 292 g/mol. The summed E-state index contributed by atoms with van der Waals surface area (Å²) in [5, 5.41) is 3.45. The molecule has 0 aliphatic carbocycles. The highest BCUT2D eigenvalue weighted by Gasteiger charge is 2.32. The van der Waals surface area contributed by atoms with Crippen molar-refractivity contribution in [2.24, 2.45) is 0 Å². The third-order valence-electron chi connectivity index (χ3n) is 3.99. The molecule has 1 aliphatic rings. The van der Waals surface area contributed by atoms with Crippen LogP contribution in [-0.4, -0.2) is 38.2 Å². The van der Waals surface area contributed by atoms with Crippen LogP contribution in [0.5, 0.6) is 5.75 Å². The third-order valence-corrected chi connectivity index (χ3v) is 3.99. The summed E-state index contributed by atoms with van der Waals surface area (Å²) < 4.78 is 10.4. The van der Waals surface area contributed by atoms with Crippen molar-refractivity contribution in [3.63, 3.8) is 0 Å². The normalized spacial score (nSPS) is 16.7. The summed E-state index contributed by atoms with van der Waals surface area (Å²) in [5.41, 5.74) is 2.55. The van der Waals surface area contributed by atoms with Crippen molar-refractivity contribution >= 4 is 11.6 Å². The maximum Gasteiger partial charge on any atom is 0.257 e. The van der Waals surface area contributed by atoms with E-state index < -0.39 is 0 Å². The SMILES string of the molecule is COCCN1C(=O)c2ccccc2NC1c1ccc(OC)cc1. The fourth-order valence-electron chi connectivity index (χ4n) is 2.76. The van der Waals surface area contributed by atoms with Crippen molar-refractivity contribution in [1.29, 1.82) is 0 Å². The topological polar surface area (TPSA) is 50.8 Å². The number of rotatable bonds is 5. The molecule has 0 fully saturated rings. The Balaban J connectivity index is 1.96. The molecule has 1 amide bonds. The number of hydrogen-bond acceptors (Lipinski definition) is 4. The van der Waals surface area contributed by atoms with Crippen LogP contribution < -0.4 is 10.1 Å². The second-order valence-corrected chi connectivity index (χ2v) is 5.36. The van der Waals surface area contributed by atoms with Crippen molar-refractivity contribution in [2.45, 2.75) is 6.17 Å². The lowest BCUT2D eigenvalue weighted by Gasteiger charge is -2.38. The van der Waals surface area contributed by atoms with Crippen LogP contribution in [0, 0.1) is 0 Å². The van der Waals surface area contributed by atoms with E-state index in [0.29, 0.717) is 18.7 Å². The van der Waals surface area contributed by atoms with Crippen molar-refractivity contribution in [3.8, 4) is 5.75 Å². The van der Waals surface area contributed by atoms with Gasteiger partial charge in [-0.15, -0.1) is 0 Å². The van der Waals surface area contributed by atoms with Crippen LogP contribution in [0.3, 0.4) is 0 Å². The zero-order valence-electron chi connectivity index (χ0n) is 13.3. The molecule has 23 heavy (non-hydrogen) atoms. The smallest absolute Gasteiger partial charge is 0.257 e. The number of amides is 1. The van der Waals surface area contributed by atoms with Crippen LogP contribution in [0.1, 0.15) is 22.1 Å². The Morgan fingerprint density at radius 1 is 1.09 bits per heavy atom. The maximum absolute atomic E-state index is 12.8. The minimum absolute atomic E-state index is 0.0113. The molecule has 120 valence electrons. The van der Waals surface area contributed by atoms with E-state index in [9.17, 15) is 4.79 Å². The Hall–Kier alpha value is -2.53. The highest BCUT2D eigenvalue weighted by Crippen LogP contribution is 2.33. The summed E-state index contributed by atoms with van der Waals surface area (Å²) >= 11 is 0. The number of ether oxygens (including phenoxy) is 2. The lowest BCUT2D eigenvalue weighted by Crippen LogP contribution is -2.44. The average Bonchev–Trinajstić information content (AvgIpc) is 2.61. The van der Waals surface area contributed by atoms with Crippen molar-refractivity contribution < 1.29 is 14.3 Å². The molecular formula is C18H20N2O3. The van der Waals surface area contributed by atoms with E-state index in [1.807, 2.05) is 48.5 Å². The summed E-state index contributed by atoms with van der Waals surface area (Å²) in [4.78, 5) is 14.6. The lowest BCUT2D eigenvalue weighted by molar-refractivity contribution is 0.0609. The first-order valence-electron chi connectivity index (χ1n) is 7.54. The molecule has 1 unspecified atom stereocenters. The monoisotopic (exact) mass is 312 g/mol. The lowest BCUT2D eigenvalue weighted by atomic mass is 10.0. The zero-order chi connectivity index (χ0) is 16.2. The number of para-hydroxylation sites is 1. The summed E-state index contributed by atoms with van der Waals surface area (Å²) in [6.07, 6.45) is -0.224. The van der Waals surface area contributed by atoms with Gasteiger partial charge in [-0.2, -0.15) is 0 Å². The number of carbonyl (C=O) groups is 1. The number of carbonyl (C=O) groups excluding carboxylic acids is 1. The van der Waals surface area contributed by atoms with Gasteiger partial charge in [-0.3, -0.25) is 4.79 Å². The quantitative estimate of drug-likeness (QED) is 0.922. The Bertz CT molecular complexity index is 685. The maximum atomic E-state index is 12.8. The fourth-order valence-corrected chi connectivity index (χ4v) is 2.76. The molecule has 5 nitrogen and oxygen atoms in total. The van der Waals surface area contributed by atoms with Crippen molar-refractivity contribution in [2.75, 3.05) is 32.7 Å². The summed E-state index contributed by atoms with van der Waals surface area (Å²) in [5.74, 6) is 0.803. The second kappa shape index (κ2) is 6.71. The minimum Gasteiger partial charge on any atom is -0.497 e. The Kier molecular flexibility index (Phi) is 4.48. The molecule has 5 heteroatoms. The van der Waals surface area contributed by atoms with Crippen molar-refractivity contribution in [1.82, 2.24) is 4.90 Å². The van der Waals surface area contributed by atoms with E-state index in [4.69, 9.17) is 9.47 Å². The number of benzene rings is 2. The van der Waals surface area contributed by atoms with Gasteiger partial charge in [0, 0.05) is 19.3 Å². The number of hydrogen-bond donors (Lipinski definition) is 1. The summed E-state index contributed by atoms with van der Waals surface area (Å²) in [7, 11) is 3.27. The first-order chi connectivity index (χ1) is 11.2. The van der Waals surface area contributed by atoms with Crippen LogP contribution in [0.25, 0.3) is 0 Å². The molecule has 0 bridgehead atoms. The average molecular weight is 312 g/mol. The molecule has 0 radical (unpaired) electrons. The van der Waals surface area contributed by atoms with Gasteiger partial charge < -0.3 is 19.7 Å². The van der Waals surface area contributed by atoms with Gasteiger partial charge in [0.05, 0.1) is 19.3 Å². The first kappa shape index (κ1) is 15.4. The molecule has 3 rings (SSSR count). The predicted molar refractivity (Wildman–Crippen MR) is 88.7 cm³/mol. The highest BCUT2D eigenvalue weighted by atomic mass is 16.5. The predicted octanol–water partition coefficient (Wildman–Crippen LogP) is 2.91. The van der Waals surface area contributed by atoms with E-state index in [1.165, 1.54) is 0 Å². The molecule has 1 atom stereocenters. The number of nitrogens with zero attached hydrogens (tertiary/aromatic N) is 1. The first-order valence-corrected chi connectivity index (χ1v) is 7.54. The Morgan fingerprint density at radius 2 is 1.83 bits per heavy atom. The summed E-state index contributed by atoms with van der Waals surface area (Å²) in [6.45, 7) is 1.01. The van der Waals surface area contributed by atoms with Gasteiger partial charge in [-0.1, -0.05) is 24.3 Å². The number of methoxy groups -OCH3 is 2. The van der Waals surface area contributed by atoms with E-state index >= 15 is 0 Å². The van der Waals surface area contributed by atoms with E-state index in [1.54, 1.807) is 19.1 Å². The molecule has 0 spiro atoms. The zero-order valence-corrected chi connectivity index (χ0v) is 13.3. The molecule has 1 N–H and O–H groups in total. The molecule has 0 saturated heterocycles. The molecule has 1 aliphatic heterocycles. The molecule has 2 aromatic rings. The van der Waals surface area contributed by atoms with Gasteiger partial charge in [0.25, 0.3) is 5.91 Å². The molecule has 0 aromatic heterocycles. The van der Waals surface area contributed by atoms with Gasteiger partial charge in [-0.05, 0) is 29.8 Å². The van der Waals surface area contributed by atoms with Crippen LogP contribution in [0.4, 0.5) is 5.69 Å². The Labute approximate surface area is 135 Å². The van der Waals surface area contributed by atoms with Crippen LogP contribution in [-0.2, 0) is 4.74 Å². The number of nitrogens with one attached hydrogen (secondary N) is 1. The van der Waals surface area contributed by atoms with Crippen LogP contribution in [0.2, 0.25) is 0 Å². The summed E-state index contributed by atoms with van der Waals surface area (Å²) in [6, 6.07) is 15.3. The molecule has 0 saturated carbocycles. The van der Waals surface area contributed by atoms with E-state index in [2.05, 4.69) is 5.32 Å². The second-order valence-electron chi connectivity index (χ2n) is 5.36. The fraction of sp³-hybridized carbons (Fsp3) is 0.278.